The Labute approximate surface area is 204 Å². The highest BCUT2D eigenvalue weighted by Crippen LogP contribution is 2.26. The summed E-state index contributed by atoms with van der Waals surface area (Å²) in [4.78, 5) is 39.8. The predicted molar refractivity (Wildman–Crippen MR) is 131 cm³/mol. The van der Waals surface area contributed by atoms with E-state index in [0.717, 1.165) is 12.0 Å². The van der Waals surface area contributed by atoms with Crippen LogP contribution in [0.5, 0.6) is 0 Å². The monoisotopic (exact) mass is 479 g/mol. The molecule has 0 spiro atoms. The Morgan fingerprint density at radius 3 is 2.34 bits per heavy atom. The number of likely N-dealkylation sites (tertiary alicyclic amines) is 1. The van der Waals surface area contributed by atoms with E-state index in [9.17, 15) is 18.8 Å². The van der Waals surface area contributed by atoms with Gasteiger partial charge in [-0.1, -0.05) is 37.3 Å². The van der Waals surface area contributed by atoms with Gasteiger partial charge in [0.15, 0.2) is 0 Å². The number of halogens is 1. The SMILES string of the molecule is CCC(C(=O)N1CCC(NC(=O)C2=NN(c3ccc(F)cc3)C(C(N)=O)C2)CC1)c1ccccc1. The second-order valence-electron chi connectivity index (χ2n) is 8.93. The van der Waals surface area contributed by atoms with Crippen molar-refractivity contribution in [1.82, 2.24) is 10.2 Å². The number of carbonyl (C=O) groups is 3. The minimum absolute atomic E-state index is 0.0745. The van der Waals surface area contributed by atoms with E-state index in [1.54, 1.807) is 0 Å². The van der Waals surface area contributed by atoms with E-state index in [-0.39, 0.29) is 35.9 Å². The molecular formula is C26H30FN5O3. The van der Waals surface area contributed by atoms with Crippen LogP contribution in [-0.2, 0) is 14.4 Å². The number of nitrogens with two attached hydrogens (primary N) is 1. The van der Waals surface area contributed by atoms with Crippen LogP contribution < -0.4 is 16.1 Å². The van der Waals surface area contributed by atoms with Crippen molar-refractivity contribution in [2.75, 3.05) is 18.1 Å². The van der Waals surface area contributed by atoms with E-state index in [0.29, 0.717) is 31.6 Å². The van der Waals surface area contributed by atoms with Gasteiger partial charge in [-0.25, -0.2) is 4.39 Å². The van der Waals surface area contributed by atoms with Gasteiger partial charge in [-0.15, -0.1) is 0 Å². The maximum atomic E-state index is 13.3. The molecule has 35 heavy (non-hydrogen) atoms. The van der Waals surface area contributed by atoms with Crippen LogP contribution in [0.25, 0.3) is 0 Å². The Kier molecular flexibility index (Phi) is 7.43. The van der Waals surface area contributed by atoms with Crippen molar-refractivity contribution in [3.05, 3.63) is 66.0 Å². The zero-order chi connectivity index (χ0) is 24.9. The van der Waals surface area contributed by atoms with Crippen molar-refractivity contribution in [1.29, 1.82) is 0 Å². The molecule has 3 N–H and O–H groups in total. The molecule has 2 aliphatic rings. The molecule has 0 bridgehead atoms. The lowest BCUT2D eigenvalue weighted by Gasteiger charge is -2.34. The standard InChI is InChI=1S/C26H30FN5O3/c1-2-21(17-6-4-3-5-7-17)26(35)31-14-12-19(13-15-31)29-25(34)22-16-23(24(28)33)32(30-22)20-10-8-18(27)9-11-20/h3-11,19,21,23H,2,12-16H2,1H3,(H2,28,33)(H,29,34). The number of rotatable bonds is 7. The van der Waals surface area contributed by atoms with Gasteiger partial charge in [-0.3, -0.25) is 19.4 Å². The molecule has 184 valence electrons. The topological polar surface area (TPSA) is 108 Å². The first-order valence-electron chi connectivity index (χ1n) is 11.9. The van der Waals surface area contributed by atoms with Gasteiger partial charge in [0.1, 0.15) is 17.6 Å². The van der Waals surface area contributed by atoms with Gasteiger partial charge in [0.25, 0.3) is 5.91 Å². The molecule has 4 rings (SSSR count). The number of piperidine rings is 1. The number of hydrogen-bond donors (Lipinski definition) is 2. The Bertz CT molecular complexity index is 1100. The van der Waals surface area contributed by atoms with E-state index < -0.39 is 17.8 Å². The fourth-order valence-corrected chi connectivity index (χ4v) is 4.67. The summed E-state index contributed by atoms with van der Waals surface area (Å²) in [6.45, 7) is 3.13. The van der Waals surface area contributed by atoms with Crippen LogP contribution in [0.3, 0.4) is 0 Å². The molecule has 3 amide bonds. The highest BCUT2D eigenvalue weighted by atomic mass is 19.1. The smallest absolute Gasteiger partial charge is 0.267 e. The van der Waals surface area contributed by atoms with Gasteiger partial charge in [-0.05, 0) is 49.1 Å². The van der Waals surface area contributed by atoms with E-state index in [1.807, 2.05) is 42.2 Å². The second kappa shape index (κ2) is 10.7. The number of hydrogen-bond acceptors (Lipinski definition) is 5. The first kappa shape index (κ1) is 24.4. The summed E-state index contributed by atoms with van der Waals surface area (Å²) >= 11 is 0. The van der Waals surface area contributed by atoms with Crippen LogP contribution in [0.2, 0.25) is 0 Å². The van der Waals surface area contributed by atoms with Gasteiger partial charge in [-0.2, -0.15) is 5.10 Å². The van der Waals surface area contributed by atoms with Crippen LogP contribution >= 0.6 is 0 Å². The van der Waals surface area contributed by atoms with Gasteiger partial charge in [0, 0.05) is 25.6 Å². The number of benzene rings is 2. The molecule has 2 unspecified atom stereocenters. The third-order valence-electron chi connectivity index (χ3n) is 6.64. The molecular weight excluding hydrogens is 449 g/mol. The molecule has 2 heterocycles. The zero-order valence-electron chi connectivity index (χ0n) is 19.7. The minimum Gasteiger partial charge on any atom is -0.368 e. The number of carbonyl (C=O) groups excluding carboxylic acids is 3. The largest absolute Gasteiger partial charge is 0.368 e. The van der Waals surface area contributed by atoms with Crippen molar-refractivity contribution in [2.45, 2.75) is 50.6 Å². The highest BCUT2D eigenvalue weighted by Gasteiger charge is 2.36. The van der Waals surface area contributed by atoms with Crippen molar-refractivity contribution in [2.24, 2.45) is 10.8 Å². The number of primary amides is 1. The van der Waals surface area contributed by atoms with Gasteiger partial charge >= 0.3 is 0 Å². The molecule has 0 radical (unpaired) electrons. The molecule has 0 saturated carbocycles. The summed E-state index contributed by atoms with van der Waals surface area (Å²) in [7, 11) is 0. The fourth-order valence-electron chi connectivity index (χ4n) is 4.67. The van der Waals surface area contributed by atoms with Gasteiger partial charge in [0.05, 0.1) is 11.6 Å². The lowest BCUT2D eigenvalue weighted by molar-refractivity contribution is -0.134. The molecule has 0 aliphatic carbocycles. The van der Waals surface area contributed by atoms with Crippen LogP contribution in [0, 0.1) is 5.82 Å². The third kappa shape index (κ3) is 5.50. The van der Waals surface area contributed by atoms with E-state index in [2.05, 4.69) is 10.4 Å². The molecule has 0 aromatic heterocycles. The molecule has 2 aromatic rings. The van der Waals surface area contributed by atoms with Gasteiger partial charge in [0.2, 0.25) is 11.8 Å². The fraction of sp³-hybridized carbons (Fsp3) is 0.385. The summed E-state index contributed by atoms with van der Waals surface area (Å²) < 4.78 is 13.3. The van der Waals surface area contributed by atoms with E-state index in [1.165, 1.54) is 29.3 Å². The Hall–Kier alpha value is -3.75. The molecule has 2 aliphatic heterocycles. The predicted octanol–water partition coefficient (Wildman–Crippen LogP) is 2.55. The van der Waals surface area contributed by atoms with Gasteiger partial charge < -0.3 is 16.0 Å². The number of amides is 3. The van der Waals surface area contributed by atoms with E-state index in [4.69, 9.17) is 5.73 Å². The summed E-state index contributed by atoms with van der Waals surface area (Å²) in [6.07, 6.45) is 2.07. The summed E-state index contributed by atoms with van der Waals surface area (Å²) in [5, 5.41) is 8.67. The first-order chi connectivity index (χ1) is 16.9. The Balaban J connectivity index is 1.35. The van der Waals surface area contributed by atoms with Crippen LogP contribution in [0.1, 0.15) is 44.1 Å². The maximum absolute atomic E-state index is 13.3. The quantitative estimate of drug-likeness (QED) is 0.636. The summed E-state index contributed by atoms with van der Waals surface area (Å²) in [5.74, 6) is -1.44. The summed E-state index contributed by atoms with van der Waals surface area (Å²) in [5.41, 5.74) is 7.23. The molecule has 1 saturated heterocycles. The first-order valence-corrected chi connectivity index (χ1v) is 11.9. The molecule has 2 atom stereocenters. The average molecular weight is 480 g/mol. The Morgan fingerprint density at radius 1 is 1.09 bits per heavy atom. The maximum Gasteiger partial charge on any atom is 0.267 e. The summed E-state index contributed by atoms with van der Waals surface area (Å²) in [6, 6.07) is 14.4. The number of hydrazone groups is 1. The zero-order valence-corrected chi connectivity index (χ0v) is 19.7. The number of anilines is 1. The van der Waals surface area contributed by atoms with Crippen molar-refractivity contribution in [3.63, 3.8) is 0 Å². The second-order valence-corrected chi connectivity index (χ2v) is 8.93. The Morgan fingerprint density at radius 2 is 1.74 bits per heavy atom. The highest BCUT2D eigenvalue weighted by molar-refractivity contribution is 6.40. The number of nitrogens with zero attached hydrogens (tertiary/aromatic N) is 3. The molecule has 1 fully saturated rings. The lowest BCUT2D eigenvalue weighted by atomic mass is 9.93. The minimum atomic E-state index is -0.815. The van der Waals surface area contributed by atoms with E-state index >= 15 is 0 Å². The van der Waals surface area contributed by atoms with Crippen molar-refractivity contribution >= 4 is 29.1 Å². The lowest BCUT2D eigenvalue weighted by Crippen LogP contribution is -2.49. The van der Waals surface area contributed by atoms with Crippen molar-refractivity contribution in [3.8, 4) is 0 Å². The third-order valence-corrected chi connectivity index (χ3v) is 6.64. The van der Waals surface area contributed by atoms with Crippen molar-refractivity contribution < 1.29 is 18.8 Å². The van der Waals surface area contributed by atoms with Crippen LogP contribution in [-0.4, -0.2) is 53.5 Å². The van der Waals surface area contributed by atoms with Crippen LogP contribution in [0.4, 0.5) is 10.1 Å². The average Bonchev–Trinajstić information content (AvgIpc) is 3.32. The molecule has 9 heteroatoms. The normalized spacial score (nSPS) is 19.3. The molecule has 2 aromatic carbocycles. The van der Waals surface area contributed by atoms with Crippen LogP contribution in [0.15, 0.2) is 59.7 Å². The number of nitrogens with one attached hydrogen (secondary N) is 1. The molecule has 8 nitrogen and oxygen atoms in total.